The second-order valence-electron chi connectivity index (χ2n) is 4.37. The normalized spacial score (nSPS) is 39.8. The SMILES string of the molecule is O=C(O)CC1CCC2CC2CC1. The van der Waals surface area contributed by atoms with Crippen molar-refractivity contribution >= 4 is 5.97 Å². The van der Waals surface area contributed by atoms with Crippen LogP contribution in [0.3, 0.4) is 0 Å². The summed E-state index contributed by atoms with van der Waals surface area (Å²) in [5.74, 6) is 1.82. The molecule has 2 nitrogen and oxygen atoms in total. The first-order valence-electron chi connectivity index (χ1n) is 4.97. The average molecular weight is 168 g/mol. The number of carbonyl (C=O) groups is 1. The van der Waals surface area contributed by atoms with Crippen molar-refractivity contribution in [2.45, 2.75) is 38.5 Å². The zero-order valence-electron chi connectivity index (χ0n) is 7.33. The molecule has 0 saturated heterocycles. The van der Waals surface area contributed by atoms with Crippen molar-refractivity contribution in [1.82, 2.24) is 0 Å². The van der Waals surface area contributed by atoms with Gasteiger partial charge in [-0.05, 0) is 49.9 Å². The van der Waals surface area contributed by atoms with Crippen LogP contribution in [0.2, 0.25) is 0 Å². The van der Waals surface area contributed by atoms with E-state index in [-0.39, 0.29) is 0 Å². The van der Waals surface area contributed by atoms with Gasteiger partial charge >= 0.3 is 5.97 Å². The van der Waals surface area contributed by atoms with Crippen molar-refractivity contribution in [3.63, 3.8) is 0 Å². The van der Waals surface area contributed by atoms with E-state index in [0.29, 0.717) is 12.3 Å². The predicted octanol–water partition coefficient (Wildman–Crippen LogP) is 2.29. The van der Waals surface area contributed by atoms with E-state index in [1.807, 2.05) is 0 Å². The lowest BCUT2D eigenvalue weighted by Crippen LogP contribution is -2.07. The number of carboxylic acids is 1. The van der Waals surface area contributed by atoms with Crippen molar-refractivity contribution in [1.29, 1.82) is 0 Å². The number of rotatable bonds is 2. The van der Waals surface area contributed by atoms with E-state index in [2.05, 4.69) is 0 Å². The number of hydrogen-bond acceptors (Lipinski definition) is 1. The third-order valence-corrected chi connectivity index (χ3v) is 3.42. The molecule has 2 aliphatic rings. The van der Waals surface area contributed by atoms with Gasteiger partial charge in [0, 0.05) is 6.42 Å². The molecule has 2 aliphatic carbocycles. The Morgan fingerprint density at radius 2 is 1.75 bits per heavy atom. The van der Waals surface area contributed by atoms with Crippen molar-refractivity contribution < 1.29 is 9.90 Å². The summed E-state index contributed by atoms with van der Waals surface area (Å²) in [6.45, 7) is 0. The van der Waals surface area contributed by atoms with Crippen LogP contribution in [0.25, 0.3) is 0 Å². The maximum atomic E-state index is 10.5. The van der Waals surface area contributed by atoms with Gasteiger partial charge in [0.2, 0.25) is 0 Å². The molecule has 2 rings (SSSR count). The van der Waals surface area contributed by atoms with Gasteiger partial charge in [-0.25, -0.2) is 0 Å². The number of fused-ring (bicyclic) bond motifs is 1. The minimum absolute atomic E-state index is 0.402. The van der Waals surface area contributed by atoms with E-state index in [4.69, 9.17) is 5.11 Å². The van der Waals surface area contributed by atoms with Crippen LogP contribution in [0.15, 0.2) is 0 Å². The Bertz CT molecular complexity index is 176. The van der Waals surface area contributed by atoms with Gasteiger partial charge in [-0.3, -0.25) is 4.79 Å². The highest BCUT2D eigenvalue weighted by atomic mass is 16.4. The Kier molecular flexibility index (Phi) is 2.07. The van der Waals surface area contributed by atoms with E-state index in [0.717, 1.165) is 24.7 Å². The minimum Gasteiger partial charge on any atom is -0.481 e. The van der Waals surface area contributed by atoms with Crippen LogP contribution in [0, 0.1) is 17.8 Å². The Balaban J connectivity index is 1.80. The summed E-state index contributed by atoms with van der Waals surface area (Å²) in [5, 5.41) is 8.63. The zero-order valence-corrected chi connectivity index (χ0v) is 7.33. The summed E-state index contributed by atoms with van der Waals surface area (Å²) in [6.07, 6.45) is 6.74. The molecule has 0 heterocycles. The van der Waals surface area contributed by atoms with Gasteiger partial charge in [0.25, 0.3) is 0 Å². The second-order valence-corrected chi connectivity index (χ2v) is 4.37. The maximum absolute atomic E-state index is 10.5. The van der Waals surface area contributed by atoms with E-state index in [9.17, 15) is 4.79 Å². The van der Waals surface area contributed by atoms with Gasteiger partial charge in [-0.15, -0.1) is 0 Å². The topological polar surface area (TPSA) is 37.3 Å². The predicted molar refractivity (Wildman–Crippen MR) is 45.8 cm³/mol. The number of hydrogen-bond donors (Lipinski definition) is 1. The van der Waals surface area contributed by atoms with Crippen molar-refractivity contribution in [2.24, 2.45) is 17.8 Å². The lowest BCUT2D eigenvalue weighted by Gasteiger charge is -2.10. The van der Waals surface area contributed by atoms with E-state index in [1.54, 1.807) is 0 Å². The lowest BCUT2D eigenvalue weighted by molar-refractivity contribution is -0.138. The minimum atomic E-state index is -0.615. The van der Waals surface area contributed by atoms with Gasteiger partial charge in [-0.1, -0.05) is 0 Å². The summed E-state index contributed by atoms with van der Waals surface area (Å²) in [6, 6.07) is 0. The molecule has 0 spiro atoms. The van der Waals surface area contributed by atoms with E-state index >= 15 is 0 Å². The molecule has 2 saturated carbocycles. The highest BCUT2D eigenvalue weighted by Crippen LogP contribution is 2.49. The monoisotopic (exact) mass is 168 g/mol. The highest BCUT2D eigenvalue weighted by Gasteiger charge is 2.39. The summed E-state index contributed by atoms with van der Waals surface area (Å²) in [4.78, 5) is 10.5. The molecule has 2 fully saturated rings. The molecule has 0 aliphatic heterocycles. The molecule has 68 valence electrons. The van der Waals surface area contributed by atoms with Crippen LogP contribution < -0.4 is 0 Å². The summed E-state index contributed by atoms with van der Waals surface area (Å²) >= 11 is 0. The van der Waals surface area contributed by atoms with Gasteiger partial charge in [0.1, 0.15) is 0 Å². The Morgan fingerprint density at radius 3 is 2.25 bits per heavy atom. The third kappa shape index (κ3) is 1.79. The van der Waals surface area contributed by atoms with Gasteiger partial charge in [0.05, 0.1) is 0 Å². The Morgan fingerprint density at radius 1 is 1.17 bits per heavy atom. The third-order valence-electron chi connectivity index (χ3n) is 3.42. The first-order chi connectivity index (χ1) is 5.75. The fourth-order valence-electron chi connectivity index (χ4n) is 2.51. The zero-order chi connectivity index (χ0) is 8.55. The molecule has 1 N–H and O–H groups in total. The molecule has 0 amide bonds. The molecular formula is C10H16O2. The highest BCUT2D eigenvalue weighted by molar-refractivity contribution is 5.67. The van der Waals surface area contributed by atoms with Gasteiger partial charge < -0.3 is 5.11 Å². The average Bonchev–Trinajstić information content (AvgIpc) is 2.70. The molecule has 0 radical (unpaired) electrons. The van der Waals surface area contributed by atoms with Gasteiger partial charge in [-0.2, -0.15) is 0 Å². The van der Waals surface area contributed by atoms with E-state index < -0.39 is 5.97 Å². The van der Waals surface area contributed by atoms with Crippen molar-refractivity contribution in [2.75, 3.05) is 0 Å². The molecular weight excluding hydrogens is 152 g/mol. The molecule has 2 unspecified atom stereocenters. The molecule has 12 heavy (non-hydrogen) atoms. The largest absolute Gasteiger partial charge is 0.481 e. The van der Waals surface area contributed by atoms with E-state index in [1.165, 1.54) is 19.3 Å². The molecule has 2 heteroatoms. The summed E-state index contributed by atoms with van der Waals surface area (Å²) in [5.41, 5.74) is 0. The molecule has 2 atom stereocenters. The quantitative estimate of drug-likeness (QED) is 0.686. The smallest absolute Gasteiger partial charge is 0.303 e. The summed E-state index contributed by atoms with van der Waals surface area (Å²) < 4.78 is 0. The van der Waals surface area contributed by atoms with Crippen LogP contribution in [0.1, 0.15) is 38.5 Å². The Hall–Kier alpha value is -0.530. The summed E-state index contributed by atoms with van der Waals surface area (Å²) in [7, 11) is 0. The fourth-order valence-corrected chi connectivity index (χ4v) is 2.51. The lowest BCUT2D eigenvalue weighted by atomic mass is 9.95. The van der Waals surface area contributed by atoms with Gasteiger partial charge in [0.15, 0.2) is 0 Å². The van der Waals surface area contributed by atoms with Crippen LogP contribution >= 0.6 is 0 Å². The van der Waals surface area contributed by atoms with Crippen LogP contribution in [0.4, 0.5) is 0 Å². The second kappa shape index (κ2) is 3.08. The molecule has 0 aromatic rings. The fraction of sp³-hybridized carbons (Fsp3) is 0.900. The van der Waals surface area contributed by atoms with Crippen molar-refractivity contribution in [3.05, 3.63) is 0 Å². The standard InChI is InChI=1S/C10H16O2/c11-10(12)5-7-1-3-8-6-9(8)4-2-7/h7-9H,1-6H2,(H,11,12). The first kappa shape index (κ1) is 8.09. The van der Waals surface area contributed by atoms with Crippen molar-refractivity contribution in [3.8, 4) is 0 Å². The number of carboxylic acid groups (broad SMARTS) is 1. The van der Waals surface area contributed by atoms with Crippen LogP contribution in [0.5, 0.6) is 0 Å². The number of aliphatic carboxylic acids is 1. The molecule has 0 aromatic carbocycles. The van der Waals surface area contributed by atoms with Crippen LogP contribution in [-0.2, 0) is 4.79 Å². The molecule has 0 aromatic heterocycles. The Labute approximate surface area is 73.0 Å². The first-order valence-corrected chi connectivity index (χ1v) is 4.97. The maximum Gasteiger partial charge on any atom is 0.303 e. The van der Waals surface area contributed by atoms with Crippen LogP contribution in [-0.4, -0.2) is 11.1 Å². The molecule has 0 bridgehead atoms.